The molecule has 0 nitrogen and oxygen atoms in total. The Kier molecular flexibility index (Phi) is 5.47. The van der Waals surface area contributed by atoms with Gasteiger partial charge in [0.15, 0.2) is 0 Å². The van der Waals surface area contributed by atoms with E-state index in [1.165, 1.54) is 59.9 Å². The SMILES string of the molecule is CCCCCCC1=Cc2c(cccc2-c2ccc(C(C)(C)C)cc2)C1. The van der Waals surface area contributed by atoms with Crippen molar-refractivity contribution >= 4 is 6.08 Å². The van der Waals surface area contributed by atoms with E-state index in [2.05, 4.69) is 76.2 Å². The Bertz CT molecular complexity index is 739. The Morgan fingerprint density at radius 3 is 2.32 bits per heavy atom. The Hall–Kier alpha value is -1.82. The number of allylic oxidation sites excluding steroid dienone is 1. The smallest absolute Gasteiger partial charge is 0.00576 e. The Labute approximate surface area is 154 Å². The molecule has 2 aromatic rings. The number of unbranched alkanes of at least 4 members (excludes halogenated alkanes) is 3. The summed E-state index contributed by atoms with van der Waals surface area (Å²) in [6.07, 6.45) is 10.3. The average Bonchev–Trinajstić information content (AvgIpc) is 3.01. The van der Waals surface area contributed by atoms with E-state index in [1.54, 1.807) is 5.57 Å². The third kappa shape index (κ3) is 4.24. The summed E-state index contributed by atoms with van der Waals surface area (Å²) >= 11 is 0. The largest absolute Gasteiger partial charge is 0.0654 e. The summed E-state index contributed by atoms with van der Waals surface area (Å²) in [7, 11) is 0. The molecule has 0 spiro atoms. The maximum atomic E-state index is 2.47. The van der Waals surface area contributed by atoms with Gasteiger partial charge in [-0.25, -0.2) is 0 Å². The Morgan fingerprint density at radius 2 is 1.64 bits per heavy atom. The number of hydrogen-bond acceptors (Lipinski definition) is 0. The number of rotatable bonds is 6. The first kappa shape index (κ1) is 18.0. The standard InChI is InChI=1S/C25H32/c1-5-6-7-8-10-19-17-21-11-9-12-23(24(21)18-19)20-13-15-22(16-14-20)25(2,3)4/h9,11-16,18H,5-8,10,17H2,1-4H3. The second-order valence-electron chi connectivity index (χ2n) is 8.50. The number of benzene rings is 2. The summed E-state index contributed by atoms with van der Waals surface area (Å²) in [5.41, 5.74) is 8.91. The van der Waals surface area contributed by atoms with Crippen LogP contribution in [0.4, 0.5) is 0 Å². The van der Waals surface area contributed by atoms with Crippen LogP contribution < -0.4 is 0 Å². The molecule has 2 aromatic carbocycles. The van der Waals surface area contributed by atoms with Crippen LogP contribution in [0.3, 0.4) is 0 Å². The molecule has 0 heterocycles. The Morgan fingerprint density at radius 1 is 0.880 bits per heavy atom. The highest BCUT2D eigenvalue weighted by Gasteiger charge is 2.17. The minimum atomic E-state index is 0.211. The van der Waals surface area contributed by atoms with E-state index >= 15 is 0 Å². The predicted molar refractivity (Wildman–Crippen MR) is 111 cm³/mol. The van der Waals surface area contributed by atoms with Gasteiger partial charge in [0.05, 0.1) is 0 Å². The lowest BCUT2D eigenvalue weighted by Crippen LogP contribution is -2.10. The highest BCUT2D eigenvalue weighted by molar-refractivity contribution is 5.80. The van der Waals surface area contributed by atoms with Gasteiger partial charge in [-0.05, 0) is 52.5 Å². The zero-order valence-corrected chi connectivity index (χ0v) is 16.4. The fourth-order valence-corrected chi connectivity index (χ4v) is 3.78. The van der Waals surface area contributed by atoms with Crippen molar-refractivity contribution < 1.29 is 0 Å². The van der Waals surface area contributed by atoms with E-state index in [9.17, 15) is 0 Å². The summed E-state index contributed by atoms with van der Waals surface area (Å²) < 4.78 is 0. The zero-order chi connectivity index (χ0) is 17.9. The molecule has 0 aliphatic heterocycles. The minimum Gasteiger partial charge on any atom is -0.0654 e. The van der Waals surface area contributed by atoms with E-state index in [-0.39, 0.29) is 5.41 Å². The minimum absolute atomic E-state index is 0.211. The third-order valence-corrected chi connectivity index (χ3v) is 5.38. The molecule has 25 heavy (non-hydrogen) atoms. The molecule has 0 unspecified atom stereocenters. The van der Waals surface area contributed by atoms with Crippen molar-refractivity contribution in [3.8, 4) is 11.1 Å². The van der Waals surface area contributed by atoms with Gasteiger partial charge in [0.1, 0.15) is 0 Å². The molecule has 0 saturated carbocycles. The molecular weight excluding hydrogens is 300 g/mol. The van der Waals surface area contributed by atoms with Gasteiger partial charge in [-0.1, -0.05) is 101 Å². The molecule has 0 atom stereocenters. The van der Waals surface area contributed by atoms with Crippen molar-refractivity contribution in [2.75, 3.05) is 0 Å². The van der Waals surface area contributed by atoms with E-state index in [0.29, 0.717) is 0 Å². The first-order valence-electron chi connectivity index (χ1n) is 9.91. The summed E-state index contributed by atoms with van der Waals surface area (Å²) in [5.74, 6) is 0. The van der Waals surface area contributed by atoms with Gasteiger partial charge in [0.2, 0.25) is 0 Å². The highest BCUT2D eigenvalue weighted by Crippen LogP contribution is 2.36. The van der Waals surface area contributed by atoms with Crippen molar-refractivity contribution in [2.24, 2.45) is 0 Å². The monoisotopic (exact) mass is 332 g/mol. The van der Waals surface area contributed by atoms with Gasteiger partial charge >= 0.3 is 0 Å². The third-order valence-electron chi connectivity index (χ3n) is 5.38. The summed E-state index contributed by atoms with van der Waals surface area (Å²) in [6.45, 7) is 9.10. The van der Waals surface area contributed by atoms with Gasteiger partial charge in [0, 0.05) is 0 Å². The molecule has 0 bridgehead atoms. The molecule has 3 rings (SSSR count). The first-order chi connectivity index (χ1) is 12.0. The summed E-state index contributed by atoms with van der Waals surface area (Å²) in [6, 6.07) is 16.0. The number of fused-ring (bicyclic) bond motifs is 1. The average molecular weight is 333 g/mol. The zero-order valence-electron chi connectivity index (χ0n) is 16.4. The lowest BCUT2D eigenvalue weighted by Gasteiger charge is -2.19. The van der Waals surface area contributed by atoms with Gasteiger partial charge < -0.3 is 0 Å². The van der Waals surface area contributed by atoms with Crippen LogP contribution in [-0.4, -0.2) is 0 Å². The van der Waals surface area contributed by atoms with Crippen molar-refractivity contribution in [2.45, 2.75) is 71.6 Å². The predicted octanol–water partition coefficient (Wildman–Crippen LogP) is 7.56. The van der Waals surface area contributed by atoms with Gasteiger partial charge in [-0.2, -0.15) is 0 Å². The second-order valence-corrected chi connectivity index (χ2v) is 8.50. The molecule has 132 valence electrons. The van der Waals surface area contributed by atoms with Gasteiger partial charge in [0.25, 0.3) is 0 Å². The normalized spacial score (nSPS) is 13.7. The highest BCUT2D eigenvalue weighted by atomic mass is 14.2. The van der Waals surface area contributed by atoms with Crippen LogP contribution >= 0.6 is 0 Å². The van der Waals surface area contributed by atoms with Crippen LogP contribution in [0.1, 0.15) is 76.5 Å². The summed E-state index contributed by atoms with van der Waals surface area (Å²) in [4.78, 5) is 0. The molecule has 0 heteroatoms. The van der Waals surface area contributed by atoms with Crippen LogP contribution in [-0.2, 0) is 11.8 Å². The molecule has 0 fully saturated rings. The fraction of sp³-hybridized carbons (Fsp3) is 0.440. The Balaban J connectivity index is 1.81. The van der Waals surface area contributed by atoms with Gasteiger partial charge in [-0.15, -0.1) is 0 Å². The van der Waals surface area contributed by atoms with Crippen LogP contribution in [0.5, 0.6) is 0 Å². The maximum absolute atomic E-state index is 2.47. The van der Waals surface area contributed by atoms with E-state index in [0.717, 1.165) is 6.42 Å². The van der Waals surface area contributed by atoms with E-state index < -0.39 is 0 Å². The van der Waals surface area contributed by atoms with Crippen LogP contribution in [0.2, 0.25) is 0 Å². The van der Waals surface area contributed by atoms with Crippen molar-refractivity contribution in [1.29, 1.82) is 0 Å². The molecule has 0 radical (unpaired) electrons. The van der Waals surface area contributed by atoms with Crippen LogP contribution in [0.15, 0.2) is 48.0 Å². The topological polar surface area (TPSA) is 0 Å². The number of hydrogen-bond donors (Lipinski definition) is 0. The van der Waals surface area contributed by atoms with Crippen LogP contribution in [0.25, 0.3) is 17.2 Å². The summed E-state index contributed by atoms with van der Waals surface area (Å²) in [5, 5.41) is 0. The molecule has 0 amide bonds. The van der Waals surface area contributed by atoms with Crippen molar-refractivity contribution in [1.82, 2.24) is 0 Å². The molecular formula is C25H32. The van der Waals surface area contributed by atoms with Crippen molar-refractivity contribution in [3.05, 3.63) is 64.7 Å². The van der Waals surface area contributed by atoms with E-state index in [1.807, 2.05) is 0 Å². The molecule has 0 saturated heterocycles. The molecule has 0 N–H and O–H groups in total. The fourth-order valence-electron chi connectivity index (χ4n) is 3.78. The maximum Gasteiger partial charge on any atom is -0.00576 e. The van der Waals surface area contributed by atoms with Crippen molar-refractivity contribution in [3.63, 3.8) is 0 Å². The van der Waals surface area contributed by atoms with Gasteiger partial charge in [-0.3, -0.25) is 0 Å². The molecule has 0 aromatic heterocycles. The first-order valence-corrected chi connectivity index (χ1v) is 9.91. The second kappa shape index (κ2) is 7.60. The van der Waals surface area contributed by atoms with Crippen LogP contribution in [0, 0.1) is 0 Å². The molecule has 1 aliphatic carbocycles. The van der Waals surface area contributed by atoms with E-state index in [4.69, 9.17) is 0 Å². The molecule has 1 aliphatic rings. The lowest BCUT2D eigenvalue weighted by molar-refractivity contribution is 0.590. The lowest BCUT2D eigenvalue weighted by atomic mass is 9.86. The quantitative estimate of drug-likeness (QED) is 0.479.